The summed E-state index contributed by atoms with van der Waals surface area (Å²) >= 11 is 0. The van der Waals surface area contributed by atoms with Gasteiger partial charge >= 0.3 is 6.09 Å². The van der Waals surface area contributed by atoms with Gasteiger partial charge in [0.25, 0.3) is 5.91 Å². The summed E-state index contributed by atoms with van der Waals surface area (Å²) in [5.74, 6) is -1.13. The van der Waals surface area contributed by atoms with E-state index in [4.69, 9.17) is 19.9 Å². The molecule has 2 saturated heterocycles. The van der Waals surface area contributed by atoms with E-state index in [0.29, 0.717) is 80.5 Å². The van der Waals surface area contributed by atoms with Crippen LogP contribution in [0.1, 0.15) is 59.9 Å². The highest BCUT2D eigenvalue weighted by Crippen LogP contribution is 2.38. The zero-order valence-corrected chi connectivity index (χ0v) is 26.7. The highest BCUT2D eigenvalue weighted by molar-refractivity contribution is 6.06. The number of amides is 3. The van der Waals surface area contributed by atoms with Crippen LogP contribution in [0.4, 0.5) is 20.6 Å². The zero-order chi connectivity index (χ0) is 33.0. The summed E-state index contributed by atoms with van der Waals surface area (Å²) in [7, 11) is 0. The molecule has 0 radical (unpaired) electrons. The summed E-state index contributed by atoms with van der Waals surface area (Å²) in [4.78, 5) is 42.1. The molecule has 10 nitrogen and oxygen atoms in total. The van der Waals surface area contributed by atoms with Crippen molar-refractivity contribution in [3.8, 4) is 16.9 Å². The number of halogens is 1. The topological polar surface area (TPSA) is 123 Å². The number of benzene rings is 3. The maximum absolute atomic E-state index is 14.6. The quantitative estimate of drug-likeness (QED) is 0.339. The average Bonchev–Trinajstić information content (AvgIpc) is 3.01. The van der Waals surface area contributed by atoms with Crippen molar-refractivity contribution in [2.75, 3.05) is 49.6 Å². The maximum atomic E-state index is 14.6. The largest absolute Gasteiger partial charge is 0.490 e. The molecule has 2 fully saturated rings. The van der Waals surface area contributed by atoms with Crippen LogP contribution in [0.2, 0.25) is 0 Å². The van der Waals surface area contributed by atoms with Crippen LogP contribution in [0.5, 0.6) is 5.75 Å². The van der Waals surface area contributed by atoms with Crippen molar-refractivity contribution in [1.82, 2.24) is 4.90 Å². The number of rotatable bonds is 7. The molecule has 0 bridgehead atoms. The van der Waals surface area contributed by atoms with E-state index >= 15 is 0 Å². The second-order valence-electron chi connectivity index (χ2n) is 12.6. The number of ether oxygens (including phenoxy) is 3. The number of nitrogens with two attached hydrogens (primary N) is 1. The highest BCUT2D eigenvalue weighted by atomic mass is 19.1. The van der Waals surface area contributed by atoms with E-state index < -0.39 is 23.2 Å². The molecule has 46 heavy (non-hydrogen) atoms. The van der Waals surface area contributed by atoms with Gasteiger partial charge in [0.2, 0.25) is 5.91 Å². The Morgan fingerprint density at radius 2 is 1.70 bits per heavy atom. The van der Waals surface area contributed by atoms with E-state index in [9.17, 15) is 18.8 Å². The summed E-state index contributed by atoms with van der Waals surface area (Å²) in [5, 5.41) is 2.88. The van der Waals surface area contributed by atoms with Crippen molar-refractivity contribution in [2.45, 2.75) is 52.2 Å². The van der Waals surface area contributed by atoms with Crippen LogP contribution < -0.4 is 20.7 Å². The van der Waals surface area contributed by atoms with Gasteiger partial charge in [-0.1, -0.05) is 12.1 Å². The molecule has 2 aliphatic rings. The number of hydrogen-bond donors (Lipinski definition) is 2. The van der Waals surface area contributed by atoms with Gasteiger partial charge in [-0.05, 0) is 81.3 Å². The number of piperidine rings is 1. The first kappa shape index (κ1) is 32.7. The molecule has 2 heterocycles. The van der Waals surface area contributed by atoms with Gasteiger partial charge in [0, 0.05) is 61.5 Å². The SMILES string of the molecule is Cc1ccc(NC(=O)c2cc(F)cc(N3CCOCC3)c2)cc1-c1c(OC2CCN(C(=O)OC(C)(C)C)CC2)cccc1C(N)=O. The fraction of sp³-hybridized carbons (Fsp3) is 0.400. The Kier molecular flexibility index (Phi) is 9.81. The fourth-order valence-corrected chi connectivity index (χ4v) is 5.66. The second-order valence-corrected chi connectivity index (χ2v) is 12.6. The molecule has 3 N–H and O–H groups in total. The lowest BCUT2D eigenvalue weighted by Gasteiger charge is -2.34. The molecule has 0 atom stereocenters. The molecule has 0 saturated carbocycles. The predicted octanol–water partition coefficient (Wildman–Crippen LogP) is 5.77. The minimum Gasteiger partial charge on any atom is -0.490 e. The Hall–Kier alpha value is -4.64. The number of morpholine rings is 1. The molecule has 0 aromatic heterocycles. The van der Waals surface area contributed by atoms with Crippen molar-refractivity contribution >= 4 is 29.3 Å². The fourth-order valence-electron chi connectivity index (χ4n) is 5.66. The van der Waals surface area contributed by atoms with Crippen molar-refractivity contribution in [2.24, 2.45) is 5.73 Å². The van der Waals surface area contributed by atoms with Gasteiger partial charge in [0.15, 0.2) is 0 Å². The molecule has 0 spiro atoms. The third-order valence-electron chi connectivity index (χ3n) is 7.96. The molecule has 244 valence electrons. The van der Waals surface area contributed by atoms with Crippen LogP contribution in [0, 0.1) is 12.7 Å². The summed E-state index contributed by atoms with van der Waals surface area (Å²) in [6.45, 7) is 10.6. The van der Waals surface area contributed by atoms with Gasteiger partial charge < -0.3 is 35.1 Å². The summed E-state index contributed by atoms with van der Waals surface area (Å²) in [5.41, 5.74) is 8.77. The number of carbonyl (C=O) groups excluding carboxylic acids is 3. The third kappa shape index (κ3) is 7.95. The Labute approximate surface area is 268 Å². The molecular weight excluding hydrogens is 591 g/mol. The van der Waals surface area contributed by atoms with Crippen LogP contribution in [0.25, 0.3) is 11.1 Å². The predicted molar refractivity (Wildman–Crippen MR) is 174 cm³/mol. The van der Waals surface area contributed by atoms with Gasteiger partial charge in [0.1, 0.15) is 23.3 Å². The van der Waals surface area contributed by atoms with Crippen molar-refractivity contribution in [3.63, 3.8) is 0 Å². The van der Waals surface area contributed by atoms with E-state index in [-0.39, 0.29) is 23.3 Å². The molecule has 3 aromatic rings. The Bertz CT molecular complexity index is 1610. The molecular formula is C35H41FN4O6. The third-order valence-corrected chi connectivity index (χ3v) is 7.96. The minimum absolute atomic E-state index is 0.183. The lowest BCUT2D eigenvalue weighted by Crippen LogP contribution is -2.44. The number of likely N-dealkylation sites (tertiary alicyclic amines) is 1. The monoisotopic (exact) mass is 632 g/mol. The molecule has 0 aliphatic carbocycles. The average molecular weight is 633 g/mol. The summed E-state index contributed by atoms with van der Waals surface area (Å²) in [6.07, 6.45) is 0.591. The second kappa shape index (κ2) is 13.8. The number of hydrogen-bond acceptors (Lipinski definition) is 7. The standard InChI is InChI=1S/C35H41FN4O6/c1-22-8-9-25(38-33(42)23-18-24(36)20-26(19-23)39-14-16-44-17-15-39)21-29(22)31-28(32(37)41)6-5-7-30(31)45-27-10-12-40(13-11-27)34(43)46-35(2,3)4/h5-9,18-21,27H,10-17H2,1-4H3,(H2,37,41)(H,38,42). The first-order valence-corrected chi connectivity index (χ1v) is 15.5. The van der Waals surface area contributed by atoms with E-state index in [2.05, 4.69) is 5.32 Å². The molecule has 0 unspecified atom stereocenters. The first-order chi connectivity index (χ1) is 21.9. The number of nitrogens with one attached hydrogen (secondary N) is 1. The van der Waals surface area contributed by atoms with E-state index in [1.165, 1.54) is 12.1 Å². The lowest BCUT2D eigenvalue weighted by molar-refractivity contribution is 0.0126. The molecule has 5 rings (SSSR count). The maximum Gasteiger partial charge on any atom is 0.410 e. The number of carbonyl (C=O) groups is 3. The van der Waals surface area contributed by atoms with E-state index in [1.807, 2.05) is 38.7 Å². The molecule has 11 heteroatoms. The lowest BCUT2D eigenvalue weighted by atomic mass is 9.93. The van der Waals surface area contributed by atoms with Gasteiger partial charge in [-0.2, -0.15) is 0 Å². The van der Waals surface area contributed by atoms with Crippen LogP contribution in [0.15, 0.2) is 54.6 Å². The zero-order valence-electron chi connectivity index (χ0n) is 26.7. The molecule has 3 amide bonds. The van der Waals surface area contributed by atoms with Crippen molar-refractivity contribution in [3.05, 3.63) is 77.1 Å². The van der Waals surface area contributed by atoms with Gasteiger partial charge in [-0.15, -0.1) is 0 Å². The number of primary amides is 1. The summed E-state index contributed by atoms with van der Waals surface area (Å²) in [6, 6.07) is 14.8. The smallest absolute Gasteiger partial charge is 0.410 e. The van der Waals surface area contributed by atoms with Crippen molar-refractivity contribution in [1.29, 1.82) is 0 Å². The Balaban J connectivity index is 1.37. The van der Waals surface area contributed by atoms with Gasteiger partial charge in [-0.3, -0.25) is 9.59 Å². The van der Waals surface area contributed by atoms with Crippen LogP contribution in [-0.4, -0.2) is 73.9 Å². The summed E-state index contributed by atoms with van der Waals surface area (Å²) < 4.78 is 31.9. The molecule has 3 aromatic carbocycles. The van der Waals surface area contributed by atoms with Gasteiger partial charge in [-0.25, -0.2) is 9.18 Å². The van der Waals surface area contributed by atoms with Crippen LogP contribution in [0.3, 0.4) is 0 Å². The number of aryl methyl sites for hydroxylation is 1. The minimum atomic E-state index is -0.621. The Morgan fingerprint density at radius 1 is 0.978 bits per heavy atom. The Morgan fingerprint density at radius 3 is 2.37 bits per heavy atom. The van der Waals surface area contributed by atoms with E-state index in [0.717, 1.165) is 5.56 Å². The molecule has 2 aliphatic heterocycles. The number of anilines is 2. The number of nitrogens with zero attached hydrogens (tertiary/aromatic N) is 2. The van der Waals surface area contributed by atoms with Crippen LogP contribution in [-0.2, 0) is 9.47 Å². The first-order valence-electron chi connectivity index (χ1n) is 15.5. The van der Waals surface area contributed by atoms with E-state index in [1.54, 1.807) is 41.3 Å². The normalized spacial score (nSPS) is 15.8. The van der Waals surface area contributed by atoms with Crippen LogP contribution >= 0.6 is 0 Å². The highest BCUT2D eigenvalue weighted by Gasteiger charge is 2.29. The van der Waals surface area contributed by atoms with Crippen molar-refractivity contribution < 1.29 is 33.0 Å². The van der Waals surface area contributed by atoms with Gasteiger partial charge in [0.05, 0.1) is 18.8 Å².